The Morgan fingerprint density at radius 2 is 2.15 bits per heavy atom. The zero-order chi connectivity index (χ0) is 18.2. The number of rotatable bonds is 7. The molecular formula is C19H25N5O2. The molecule has 1 amide bonds. The second-order valence-electron chi connectivity index (χ2n) is 6.44. The molecule has 3 rings (SSSR count). The molecule has 0 aromatic carbocycles. The van der Waals surface area contributed by atoms with Crippen molar-refractivity contribution in [1.82, 2.24) is 24.8 Å². The standard InChI is InChI=1S/C19H25N5O2/c1-2-3-11-23(15-17-8-7-14-26-17)19(25)18-16-24(21-20-18)13-12-22-9-5-4-6-10-22/h7-8,14,16H,4-6,9-13,15H2,1H3. The van der Waals surface area contributed by atoms with Crippen molar-refractivity contribution in [2.24, 2.45) is 0 Å². The highest BCUT2D eigenvalue weighted by Gasteiger charge is 2.20. The molecule has 0 atom stereocenters. The van der Waals surface area contributed by atoms with Crippen molar-refractivity contribution in [1.29, 1.82) is 0 Å². The van der Waals surface area contributed by atoms with Gasteiger partial charge in [0.05, 0.1) is 32.1 Å². The van der Waals surface area contributed by atoms with Crippen molar-refractivity contribution in [2.45, 2.75) is 39.3 Å². The van der Waals surface area contributed by atoms with Crippen molar-refractivity contribution >= 4 is 5.91 Å². The van der Waals surface area contributed by atoms with Gasteiger partial charge in [-0.05, 0) is 45.0 Å². The molecule has 0 bridgehead atoms. The van der Waals surface area contributed by atoms with Gasteiger partial charge in [-0.1, -0.05) is 17.6 Å². The SMILES string of the molecule is CC#CCN(Cc1ccco1)C(=O)c1cn(CCN2CCCCC2)nn1. The molecular weight excluding hydrogens is 330 g/mol. The average Bonchev–Trinajstić information content (AvgIpc) is 3.35. The minimum atomic E-state index is -0.187. The smallest absolute Gasteiger partial charge is 0.277 e. The van der Waals surface area contributed by atoms with Crippen molar-refractivity contribution in [3.8, 4) is 11.8 Å². The molecule has 1 aliphatic heterocycles. The number of hydrogen-bond acceptors (Lipinski definition) is 5. The van der Waals surface area contributed by atoms with Crippen LogP contribution in [-0.4, -0.2) is 56.9 Å². The third-order valence-corrected chi connectivity index (χ3v) is 4.51. The van der Waals surface area contributed by atoms with Crippen LogP contribution >= 0.6 is 0 Å². The van der Waals surface area contributed by atoms with Crippen molar-refractivity contribution in [3.05, 3.63) is 36.0 Å². The fourth-order valence-electron chi connectivity index (χ4n) is 3.06. The van der Waals surface area contributed by atoms with Crippen LogP contribution in [0.5, 0.6) is 0 Å². The van der Waals surface area contributed by atoms with Crippen LogP contribution in [0.3, 0.4) is 0 Å². The molecule has 3 heterocycles. The molecule has 1 fully saturated rings. The fraction of sp³-hybridized carbons (Fsp3) is 0.526. The largest absolute Gasteiger partial charge is 0.467 e. The predicted octanol–water partition coefficient (Wildman–Crippen LogP) is 2.02. The minimum Gasteiger partial charge on any atom is -0.467 e. The maximum Gasteiger partial charge on any atom is 0.277 e. The van der Waals surface area contributed by atoms with Gasteiger partial charge >= 0.3 is 0 Å². The molecule has 0 spiro atoms. The summed E-state index contributed by atoms with van der Waals surface area (Å²) in [6.07, 6.45) is 7.17. The zero-order valence-corrected chi connectivity index (χ0v) is 15.2. The number of hydrogen-bond donors (Lipinski definition) is 0. The van der Waals surface area contributed by atoms with E-state index in [9.17, 15) is 4.79 Å². The van der Waals surface area contributed by atoms with Crippen LogP contribution in [0.15, 0.2) is 29.0 Å². The molecule has 26 heavy (non-hydrogen) atoms. The Labute approximate surface area is 153 Å². The molecule has 0 radical (unpaired) electrons. The maximum absolute atomic E-state index is 12.8. The first kappa shape index (κ1) is 18.2. The second-order valence-corrected chi connectivity index (χ2v) is 6.44. The molecule has 2 aromatic heterocycles. The normalized spacial score (nSPS) is 14.7. The quantitative estimate of drug-likeness (QED) is 0.711. The average molecular weight is 355 g/mol. The van der Waals surface area contributed by atoms with E-state index >= 15 is 0 Å². The van der Waals surface area contributed by atoms with Crippen molar-refractivity contribution in [3.63, 3.8) is 0 Å². The highest BCUT2D eigenvalue weighted by Crippen LogP contribution is 2.10. The lowest BCUT2D eigenvalue weighted by Gasteiger charge is -2.25. The van der Waals surface area contributed by atoms with Gasteiger partial charge in [0, 0.05) is 6.54 Å². The molecule has 0 aliphatic carbocycles. The number of piperidine rings is 1. The van der Waals surface area contributed by atoms with Crippen LogP contribution in [0.4, 0.5) is 0 Å². The number of likely N-dealkylation sites (tertiary alicyclic amines) is 1. The van der Waals surface area contributed by atoms with E-state index in [4.69, 9.17) is 4.42 Å². The third kappa shape index (κ3) is 4.96. The van der Waals surface area contributed by atoms with Crippen LogP contribution in [0.25, 0.3) is 0 Å². The topological polar surface area (TPSA) is 67.4 Å². The Hall–Kier alpha value is -2.59. The van der Waals surface area contributed by atoms with E-state index in [1.165, 1.54) is 19.3 Å². The highest BCUT2D eigenvalue weighted by atomic mass is 16.3. The third-order valence-electron chi connectivity index (χ3n) is 4.51. The van der Waals surface area contributed by atoms with Gasteiger partial charge in [0.1, 0.15) is 5.76 Å². The summed E-state index contributed by atoms with van der Waals surface area (Å²) < 4.78 is 7.10. The van der Waals surface area contributed by atoms with E-state index in [1.807, 2.05) is 6.07 Å². The Kier molecular flexibility index (Phi) is 6.45. The summed E-state index contributed by atoms with van der Waals surface area (Å²) in [7, 11) is 0. The number of carbonyl (C=O) groups is 1. The summed E-state index contributed by atoms with van der Waals surface area (Å²) in [5.74, 6) is 6.29. The van der Waals surface area contributed by atoms with E-state index in [0.717, 1.165) is 26.2 Å². The van der Waals surface area contributed by atoms with Gasteiger partial charge in [0.2, 0.25) is 0 Å². The van der Waals surface area contributed by atoms with Crippen LogP contribution in [-0.2, 0) is 13.1 Å². The van der Waals surface area contributed by atoms with E-state index in [0.29, 0.717) is 24.5 Å². The van der Waals surface area contributed by atoms with Crippen LogP contribution < -0.4 is 0 Å². The molecule has 1 aliphatic rings. The molecule has 0 N–H and O–H groups in total. The van der Waals surface area contributed by atoms with E-state index in [-0.39, 0.29) is 5.91 Å². The number of furan rings is 1. The lowest BCUT2D eigenvalue weighted by atomic mass is 10.1. The molecule has 0 saturated carbocycles. The summed E-state index contributed by atoms with van der Waals surface area (Å²) in [4.78, 5) is 16.8. The Bertz CT molecular complexity index is 750. The molecule has 7 nitrogen and oxygen atoms in total. The summed E-state index contributed by atoms with van der Waals surface area (Å²) in [5, 5.41) is 8.18. The van der Waals surface area contributed by atoms with Crippen LogP contribution in [0.2, 0.25) is 0 Å². The molecule has 0 unspecified atom stereocenters. The summed E-state index contributed by atoms with van der Waals surface area (Å²) in [6.45, 7) is 6.42. The fourth-order valence-corrected chi connectivity index (χ4v) is 3.06. The van der Waals surface area contributed by atoms with Crippen LogP contribution in [0, 0.1) is 11.8 Å². The molecule has 138 valence electrons. The molecule has 7 heteroatoms. The van der Waals surface area contributed by atoms with E-state index in [2.05, 4.69) is 27.1 Å². The highest BCUT2D eigenvalue weighted by molar-refractivity contribution is 5.92. The Morgan fingerprint density at radius 3 is 2.88 bits per heavy atom. The summed E-state index contributed by atoms with van der Waals surface area (Å²) in [5.41, 5.74) is 0.341. The number of nitrogens with zero attached hydrogens (tertiary/aromatic N) is 5. The van der Waals surface area contributed by atoms with Gasteiger partial charge in [-0.15, -0.1) is 11.0 Å². The first-order valence-electron chi connectivity index (χ1n) is 9.10. The lowest BCUT2D eigenvalue weighted by Crippen LogP contribution is -2.32. The van der Waals surface area contributed by atoms with Gasteiger partial charge in [-0.25, -0.2) is 0 Å². The Balaban J connectivity index is 1.60. The van der Waals surface area contributed by atoms with Gasteiger partial charge < -0.3 is 14.2 Å². The number of amides is 1. The van der Waals surface area contributed by atoms with Gasteiger partial charge in [0.25, 0.3) is 5.91 Å². The number of carbonyl (C=O) groups excluding carboxylic acids is 1. The van der Waals surface area contributed by atoms with Crippen LogP contribution in [0.1, 0.15) is 42.4 Å². The Morgan fingerprint density at radius 1 is 1.31 bits per heavy atom. The second kappa shape index (κ2) is 9.20. The maximum atomic E-state index is 12.8. The molecule has 1 saturated heterocycles. The first-order chi connectivity index (χ1) is 12.8. The monoisotopic (exact) mass is 355 g/mol. The van der Waals surface area contributed by atoms with Crippen molar-refractivity contribution in [2.75, 3.05) is 26.2 Å². The predicted molar refractivity (Wildman–Crippen MR) is 97.2 cm³/mol. The zero-order valence-electron chi connectivity index (χ0n) is 15.2. The minimum absolute atomic E-state index is 0.187. The first-order valence-corrected chi connectivity index (χ1v) is 9.10. The molecule has 2 aromatic rings. The van der Waals surface area contributed by atoms with Crippen molar-refractivity contribution < 1.29 is 9.21 Å². The van der Waals surface area contributed by atoms with E-state index in [1.54, 1.807) is 35.0 Å². The number of aromatic nitrogens is 3. The summed E-state index contributed by atoms with van der Waals surface area (Å²) in [6, 6.07) is 3.65. The summed E-state index contributed by atoms with van der Waals surface area (Å²) >= 11 is 0. The van der Waals surface area contributed by atoms with Gasteiger partial charge in [-0.3, -0.25) is 9.48 Å². The van der Waals surface area contributed by atoms with E-state index < -0.39 is 0 Å². The lowest BCUT2D eigenvalue weighted by molar-refractivity contribution is 0.0749. The van der Waals surface area contributed by atoms with Gasteiger partial charge in [0.15, 0.2) is 5.69 Å². The van der Waals surface area contributed by atoms with Gasteiger partial charge in [-0.2, -0.15) is 0 Å².